The van der Waals surface area contributed by atoms with Gasteiger partial charge in [0.05, 0.1) is 0 Å². The van der Waals surface area contributed by atoms with Crippen LogP contribution in [0.5, 0.6) is 0 Å². The van der Waals surface area contributed by atoms with Crippen LogP contribution in [0.4, 0.5) is 4.39 Å². The lowest BCUT2D eigenvalue weighted by molar-refractivity contribution is 0.0892. The molecular formula is C13H19BrFN3. The maximum atomic E-state index is 13.8. The summed E-state index contributed by atoms with van der Waals surface area (Å²) in [6.45, 7) is 6.02. The topological polar surface area (TPSA) is 18.5 Å². The normalized spacial score (nSPS) is 20.0. The first-order valence-corrected chi connectivity index (χ1v) is 7.00. The Kier molecular flexibility index (Phi) is 4.72. The molecule has 18 heavy (non-hydrogen) atoms. The smallest absolute Gasteiger partial charge is 0.129 e. The van der Waals surface area contributed by atoms with Crippen molar-refractivity contribution in [1.29, 1.82) is 0 Å². The molecule has 100 valence electrons. The van der Waals surface area contributed by atoms with Crippen molar-refractivity contribution in [3.05, 3.63) is 34.1 Å². The van der Waals surface area contributed by atoms with Crippen LogP contribution < -0.4 is 5.43 Å². The van der Waals surface area contributed by atoms with Crippen molar-refractivity contribution in [1.82, 2.24) is 15.3 Å². The van der Waals surface area contributed by atoms with E-state index >= 15 is 0 Å². The predicted octanol–water partition coefficient (Wildman–Crippen LogP) is 2.40. The first kappa shape index (κ1) is 13.9. The number of piperazine rings is 1. The van der Waals surface area contributed by atoms with Gasteiger partial charge in [0.25, 0.3) is 0 Å². The summed E-state index contributed by atoms with van der Waals surface area (Å²) in [5.41, 5.74) is 4.07. The van der Waals surface area contributed by atoms with Gasteiger partial charge in [-0.2, -0.15) is 0 Å². The summed E-state index contributed by atoms with van der Waals surface area (Å²) in [5.74, 6) is -0.168. The molecule has 0 spiro atoms. The summed E-state index contributed by atoms with van der Waals surface area (Å²) in [4.78, 5) is 2.29. The van der Waals surface area contributed by atoms with Crippen molar-refractivity contribution >= 4 is 15.9 Å². The summed E-state index contributed by atoms with van der Waals surface area (Å²) < 4.78 is 14.6. The Hall–Kier alpha value is -0.490. The third-order valence-electron chi connectivity index (χ3n) is 3.31. The number of benzene rings is 1. The molecule has 0 radical (unpaired) electrons. The van der Waals surface area contributed by atoms with Gasteiger partial charge in [-0.15, -0.1) is 0 Å². The number of likely N-dealkylation sites (N-methyl/N-ethyl adjacent to an activating group) is 1. The largest absolute Gasteiger partial charge is 0.304 e. The van der Waals surface area contributed by atoms with Gasteiger partial charge in [-0.25, -0.2) is 14.8 Å². The summed E-state index contributed by atoms with van der Waals surface area (Å²) in [7, 11) is 2.12. The third kappa shape index (κ3) is 3.51. The van der Waals surface area contributed by atoms with Crippen LogP contribution >= 0.6 is 15.9 Å². The van der Waals surface area contributed by atoms with Crippen LogP contribution in [0.2, 0.25) is 0 Å². The second-order valence-electron chi connectivity index (χ2n) is 4.81. The van der Waals surface area contributed by atoms with Crippen LogP contribution in [0.25, 0.3) is 0 Å². The van der Waals surface area contributed by atoms with E-state index in [4.69, 9.17) is 0 Å². The molecule has 0 bridgehead atoms. The second-order valence-corrected chi connectivity index (χ2v) is 5.72. The van der Waals surface area contributed by atoms with Crippen LogP contribution in [0.1, 0.15) is 18.5 Å². The highest BCUT2D eigenvalue weighted by Gasteiger charge is 2.18. The molecule has 0 amide bonds. The monoisotopic (exact) mass is 315 g/mol. The molecule has 0 aliphatic carbocycles. The zero-order chi connectivity index (χ0) is 13.1. The van der Waals surface area contributed by atoms with E-state index in [1.54, 1.807) is 0 Å². The minimum atomic E-state index is -0.168. The van der Waals surface area contributed by atoms with Gasteiger partial charge in [0.1, 0.15) is 5.82 Å². The molecule has 1 heterocycles. The van der Waals surface area contributed by atoms with E-state index in [2.05, 4.69) is 38.3 Å². The Balaban J connectivity index is 1.97. The molecule has 1 aromatic rings. The molecule has 1 aliphatic rings. The number of hydrogen-bond donors (Lipinski definition) is 1. The number of hydrazine groups is 1. The van der Waals surface area contributed by atoms with Gasteiger partial charge in [0, 0.05) is 42.3 Å². The molecule has 3 nitrogen and oxygen atoms in total. The van der Waals surface area contributed by atoms with Gasteiger partial charge in [-0.1, -0.05) is 22.0 Å². The highest BCUT2D eigenvalue weighted by atomic mass is 79.9. The lowest BCUT2D eigenvalue weighted by atomic mass is 10.1. The van der Waals surface area contributed by atoms with Gasteiger partial charge < -0.3 is 4.90 Å². The van der Waals surface area contributed by atoms with Crippen molar-refractivity contribution in [3.63, 3.8) is 0 Å². The van der Waals surface area contributed by atoms with Gasteiger partial charge in [-0.3, -0.25) is 0 Å². The Bertz CT molecular complexity index is 405. The lowest BCUT2D eigenvalue weighted by Crippen LogP contribution is -2.51. The van der Waals surface area contributed by atoms with E-state index in [-0.39, 0.29) is 11.9 Å². The Morgan fingerprint density at radius 3 is 2.56 bits per heavy atom. The summed E-state index contributed by atoms with van der Waals surface area (Å²) in [6.07, 6.45) is 0. The number of nitrogens with zero attached hydrogens (tertiary/aromatic N) is 2. The molecule has 2 rings (SSSR count). The molecule has 0 aromatic heterocycles. The van der Waals surface area contributed by atoms with Crippen LogP contribution in [0.15, 0.2) is 22.7 Å². The predicted molar refractivity (Wildman–Crippen MR) is 74.7 cm³/mol. The SMILES string of the molecule is CC(NN1CCN(C)CC1)c1ccc(Br)cc1F. The van der Waals surface area contributed by atoms with Crippen molar-refractivity contribution in [3.8, 4) is 0 Å². The molecule has 1 aliphatic heterocycles. The average Bonchev–Trinajstić information content (AvgIpc) is 2.32. The zero-order valence-corrected chi connectivity index (χ0v) is 12.4. The maximum Gasteiger partial charge on any atom is 0.129 e. The number of rotatable bonds is 3. The summed E-state index contributed by atoms with van der Waals surface area (Å²) in [6, 6.07) is 5.20. The molecule has 1 N–H and O–H groups in total. The van der Waals surface area contributed by atoms with E-state index < -0.39 is 0 Å². The maximum absolute atomic E-state index is 13.8. The highest BCUT2D eigenvalue weighted by Crippen LogP contribution is 2.21. The fourth-order valence-electron chi connectivity index (χ4n) is 2.13. The Morgan fingerprint density at radius 1 is 1.28 bits per heavy atom. The quantitative estimate of drug-likeness (QED) is 0.924. The first-order chi connectivity index (χ1) is 8.56. The average molecular weight is 316 g/mol. The Labute approximate surface area is 116 Å². The molecule has 0 saturated carbocycles. The van der Waals surface area contributed by atoms with Crippen molar-refractivity contribution < 1.29 is 4.39 Å². The fraction of sp³-hybridized carbons (Fsp3) is 0.538. The number of nitrogens with one attached hydrogen (secondary N) is 1. The first-order valence-electron chi connectivity index (χ1n) is 6.21. The second kappa shape index (κ2) is 6.10. The van der Waals surface area contributed by atoms with Crippen LogP contribution in [-0.2, 0) is 0 Å². The minimum Gasteiger partial charge on any atom is -0.304 e. The minimum absolute atomic E-state index is 0.0125. The molecule has 5 heteroatoms. The molecule has 1 saturated heterocycles. The van der Waals surface area contributed by atoms with E-state index in [0.29, 0.717) is 5.56 Å². The molecule has 1 fully saturated rings. The Morgan fingerprint density at radius 2 is 1.94 bits per heavy atom. The summed E-state index contributed by atoms with van der Waals surface area (Å²) >= 11 is 3.27. The van der Waals surface area contributed by atoms with Crippen molar-refractivity contribution in [2.45, 2.75) is 13.0 Å². The summed E-state index contributed by atoms with van der Waals surface area (Å²) in [5, 5.41) is 2.17. The molecule has 1 atom stereocenters. The number of halogens is 2. The van der Waals surface area contributed by atoms with Crippen LogP contribution in [0.3, 0.4) is 0 Å². The lowest BCUT2D eigenvalue weighted by Gasteiger charge is -2.34. The van der Waals surface area contributed by atoms with Crippen molar-refractivity contribution in [2.75, 3.05) is 33.2 Å². The fourth-order valence-corrected chi connectivity index (χ4v) is 2.46. The van der Waals surface area contributed by atoms with Crippen LogP contribution in [-0.4, -0.2) is 43.1 Å². The van der Waals surface area contributed by atoms with Gasteiger partial charge in [0.2, 0.25) is 0 Å². The van der Waals surface area contributed by atoms with Gasteiger partial charge >= 0.3 is 0 Å². The van der Waals surface area contributed by atoms with E-state index in [1.165, 1.54) is 6.07 Å². The van der Waals surface area contributed by atoms with Gasteiger partial charge in [-0.05, 0) is 26.1 Å². The standard InChI is InChI=1S/C13H19BrFN3/c1-10(12-4-3-11(14)9-13(12)15)16-18-7-5-17(2)6-8-18/h3-4,9-10,16H,5-8H2,1-2H3. The zero-order valence-electron chi connectivity index (χ0n) is 10.8. The highest BCUT2D eigenvalue weighted by molar-refractivity contribution is 9.10. The van der Waals surface area contributed by atoms with E-state index in [0.717, 1.165) is 30.7 Å². The number of hydrogen-bond acceptors (Lipinski definition) is 3. The van der Waals surface area contributed by atoms with Crippen LogP contribution in [0, 0.1) is 5.82 Å². The van der Waals surface area contributed by atoms with E-state index in [9.17, 15) is 4.39 Å². The van der Waals surface area contributed by atoms with E-state index in [1.807, 2.05) is 19.1 Å². The van der Waals surface area contributed by atoms with Crippen molar-refractivity contribution in [2.24, 2.45) is 0 Å². The third-order valence-corrected chi connectivity index (χ3v) is 3.80. The molecule has 1 unspecified atom stereocenters. The van der Waals surface area contributed by atoms with Gasteiger partial charge in [0.15, 0.2) is 0 Å². The molecular weight excluding hydrogens is 297 g/mol. The molecule has 1 aromatic carbocycles.